The van der Waals surface area contributed by atoms with Crippen molar-refractivity contribution in [1.82, 2.24) is 14.5 Å². The van der Waals surface area contributed by atoms with Gasteiger partial charge in [0.1, 0.15) is 0 Å². The van der Waals surface area contributed by atoms with Gasteiger partial charge in [-0.15, -0.1) is 0 Å². The van der Waals surface area contributed by atoms with Gasteiger partial charge in [-0.05, 0) is 48.6 Å². The quantitative estimate of drug-likeness (QED) is 0.626. The summed E-state index contributed by atoms with van der Waals surface area (Å²) in [6, 6.07) is 15.3. The smallest absolute Gasteiger partial charge is 0.251 e. The van der Waals surface area contributed by atoms with Crippen molar-refractivity contribution in [3.63, 3.8) is 0 Å². The molecule has 0 saturated carbocycles. The Morgan fingerprint density at radius 2 is 1.52 bits per heavy atom. The van der Waals surface area contributed by atoms with Crippen molar-refractivity contribution < 1.29 is 22.8 Å². The highest BCUT2D eigenvalue weighted by Crippen LogP contribution is 2.23. The molecule has 2 aliphatic heterocycles. The molecule has 174 valence electrons. The van der Waals surface area contributed by atoms with E-state index in [1.807, 2.05) is 0 Å². The number of nitrogens with one attached hydrogen (secondary N) is 1. The summed E-state index contributed by atoms with van der Waals surface area (Å²) in [4.78, 5) is 37.6. The second-order valence-electron chi connectivity index (χ2n) is 8.44. The van der Waals surface area contributed by atoms with Crippen LogP contribution in [-0.4, -0.2) is 55.0 Å². The van der Waals surface area contributed by atoms with Crippen molar-refractivity contribution in [2.45, 2.75) is 37.1 Å². The molecule has 0 aliphatic carbocycles. The molecule has 0 atom stereocenters. The molecule has 4 rings (SSSR count). The van der Waals surface area contributed by atoms with Gasteiger partial charge in [-0.25, -0.2) is 8.42 Å². The van der Waals surface area contributed by atoms with Gasteiger partial charge in [0.05, 0.1) is 11.4 Å². The van der Waals surface area contributed by atoms with E-state index in [0.29, 0.717) is 42.9 Å². The van der Waals surface area contributed by atoms with Crippen LogP contribution < -0.4 is 5.32 Å². The van der Waals surface area contributed by atoms with Gasteiger partial charge in [0.2, 0.25) is 21.8 Å². The Morgan fingerprint density at radius 3 is 2.12 bits per heavy atom. The Balaban J connectivity index is 1.25. The van der Waals surface area contributed by atoms with Crippen molar-refractivity contribution in [1.29, 1.82) is 0 Å². The Kier molecular flexibility index (Phi) is 6.90. The molecular formula is C24H27N3O5S. The van der Waals surface area contributed by atoms with Crippen LogP contribution in [0, 0.1) is 5.92 Å². The van der Waals surface area contributed by atoms with E-state index in [1.165, 1.54) is 9.21 Å². The van der Waals surface area contributed by atoms with Gasteiger partial charge >= 0.3 is 0 Å². The number of hydrogen-bond donors (Lipinski definition) is 1. The summed E-state index contributed by atoms with van der Waals surface area (Å²) >= 11 is 0. The van der Waals surface area contributed by atoms with E-state index in [9.17, 15) is 22.8 Å². The molecule has 2 aromatic carbocycles. The van der Waals surface area contributed by atoms with E-state index in [4.69, 9.17) is 0 Å². The predicted molar refractivity (Wildman–Crippen MR) is 121 cm³/mol. The van der Waals surface area contributed by atoms with Crippen LogP contribution in [0.3, 0.4) is 0 Å². The zero-order valence-corrected chi connectivity index (χ0v) is 19.1. The van der Waals surface area contributed by atoms with E-state index in [-0.39, 0.29) is 43.0 Å². The molecule has 0 bridgehead atoms. The molecule has 0 unspecified atom stereocenters. The minimum absolute atomic E-state index is 0.163. The number of nitrogens with zero attached hydrogens (tertiary/aromatic N) is 2. The highest BCUT2D eigenvalue weighted by atomic mass is 32.2. The fourth-order valence-corrected chi connectivity index (χ4v) is 5.67. The third-order valence-corrected chi connectivity index (χ3v) is 8.13. The minimum atomic E-state index is -3.48. The van der Waals surface area contributed by atoms with Crippen molar-refractivity contribution in [3.8, 4) is 0 Å². The normalized spacial score (nSPS) is 18.0. The zero-order valence-electron chi connectivity index (χ0n) is 18.3. The number of imide groups is 1. The maximum Gasteiger partial charge on any atom is 0.251 e. The maximum absolute atomic E-state index is 12.7. The number of carbonyl (C=O) groups is 3. The van der Waals surface area contributed by atoms with E-state index >= 15 is 0 Å². The van der Waals surface area contributed by atoms with Gasteiger partial charge in [0.15, 0.2) is 0 Å². The van der Waals surface area contributed by atoms with Crippen LogP contribution in [0.1, 0.15) is 41.6 Å². The second kappa shape index (κ2) is 9.84. The summed E-state index contributed by atoms with van der Waals surface area (Å²) in [5.41, 5.74) is 1.30. The molecule has 9 heteroatoms. The number of amides is 3. The highest BCUT2D eigenvalue weighted by Gasteiger charge is 2.30. The number of piperidine rings is 1. The summed E-state index contributed by atoms with van der Waals surface area (Å²) in [6.07, 6.45) is 1.89. The first-order chi connectivity index (χ1) is 15.8. The molecule has 3 amide bonds. The average Bonchev–Trinajstić information content (AvgIpc) is 3.16. The van der Waals surface area contributed by atoms with Crippen molar-refractivity contribution in [2.24, 2.45) is 5.92 Å². The minimum Gasteiger partial charge on any atom is -0.352 e. The molecule has 2 saturated heterocycles. The molecule has 0 radical (unpaired) electrons. The van der Waals surface area contributed by atoms with Crippen molar-refractivity contribution >= 4 is 27.7 Å². The molecule has 2 fully saturated rings. The topological polar surface area (TPSA) is 104 Å². The standard InChI is InChI=1S/C24H27N3O5S/c28-22-10-11-23(29)27(22)17-19-6-8-20(9-7-19)24(30)25-16-18-12-14-26(15-13-18)33(31,32)21-4-2-1-3-5-21/h1-9,18H,10-17H2,(H,25,30). The predicted octanol–water partition coefficient (Wildman–Crippen LogP) is 2.17. The van der Waals surface area contributed by atoms with E-state index in [2.05, 4.69) is 5.32 Å². The lowest BCUT2D eigenvalue weighted by atomic mass is 9.98. The third-order valence-electron chi connectivity index (χ3n) is 6.22. The Hall–Kier alpha value is -3.04. The van der Waals surface area contributed by atoms with E-state index in [0.717, 1.165) is 5.56 Å². The Bertz CT molecular complexity index is 1110. The molecule has 8 nitrogen and oxygen atoms in total. The third kappa shape index (κ3) is 5.31. The van der Waals surface area contributed by atoms with Crippen LogP contribution in [0.2, 0.25) is 0 Å². The Labute approximate surface area is 193 Å². The van der Waals surface area contributed by atoms with Crippen molar-refractivity contribution in [3.05, 3.63) is 65.7 Å². The summed E-state index contributed by atoms with van der Waals surface area (Å²) < 4.78 is 27.0. The van der Waals surface area contributed by atoms with Gasteiger partial charge in [0, 0.05) is 38.0 Å². The van der Waals surface area contributed by atoms with Gasteiger partial charge in [-0.1, -0.05) is 30.3 Å². The number of benzene rings is 2. The Morgan fingerprint density at radius 1 is 0.909 bits per heavy atom. The summed E-state index contributed by atoms with van der Waals surface area (Å²) in [6.45, 7) is 1.57. The number of hydrogen-bond acceptors (Lipinski definition) is 5. The van der Waals surface area contributed by atoms with Crippen LogP contribution in [0.4, 0.5) is 0 Å². The summed E-state index contributed by atoms with van der Waals surface area (Å²) in [7, 11) is -3.48. The van der Waals surface area contributed by atoms with E-state index < -0.39 is 10.0 Å². The lowest BCUT2D eigenvalue weighted by Gasteiger charge is -2.31. The van der Waals surface area contributed by atoms with Crippen LogP contribution in [0.15, 0.2) is 59.5 Å². The number of sulfonamides is 1. The lowest BCUT2D eigenvalue weighted by Crippen LogP contribution is -2.41. The van der Waals surface area contributed by atoms with E-state index in [1.54, 1.807) is 54.6 Å². The number of carbonyl (C=O) groups excluding carboxylic acids is 3. The fraction of sp³-hybridized carbons (Fsp3) is 0.375. The molecule has 1 N–H and O–H groups in total. The monoisotopic (exact) mass is 469 g/mol. The van der Waals surface area contributed by atoms with Gasteiger partial charge < -0.3 is 5.32 Å². The van der Waals surface area contributed by atoms with Crippen molar-refractivity contribution in [2.75, 3.05) is 19.6 Å². The molecule has 0 aromatic heterocycles. The number of likely N-dealkylation sites (tertiary alicyclic amines) is 1. The largest absolute Gasteiger partial charge is 0.352 e. The van der Waals surface area contributed by atoms with Gasteiger partial charge in [-0.2, -0.15) is 4.31 Å². The molecule has 2 heterocycles. The first-order valence-corrected chi connectivity index (χ1v) is 12.5. The number of rotatable bonds is 7. The first kappa shape index (κ1) is 23.1. The molecular weight excluding hydrogens is 442 g/mol. The average molecular weight is 470 g/mol. The zero-order chi connectivity index (χ0) is 23.4. The van der Waals surface area contributed by atoms with Gasteiger partial charge in [-0.3, -0.25) is 19.3 Å². The van der Waals surface area contributed by atoms with Crippen LogP contribution in [0.5, 0.6) is 0 Å². The first-order valence-electron chi connectivity index (χ1n) is 11.1. The highest BCUT2D eigenvalue weighted by molar-refractivity contribution is 7.89. The van der Waals surface area contributed by atoms with Crippen LogP contribution in [-0.2, 0) is 26.2 Å². The lowest BCUT2D eigenvalue weighted by molar-refractivity contribution is -0.139. The SMILES string of the molecule is O=C(NCC1CCN(S(=O)(=O)c2ccccc2)CC1)c1ccc(CN2C(=O)CCC2=O)cc1. The summed E-state index contributed by atoms with van der Waals surface area (Å²) in [5, 5.41) is 2.94. The molecule has 2 aromatic rings. The van der Waals surface area contributed by atoms with Gasteiger partial charge in [0.25, 0.3) is 5.91 Å². The van der Waals surface area contributed by atoms with Crippen LogP contribution >= 0.6 is 0 Å². The molecule has 0 spiro atoms. The molecule has 33 heavy (non-hydrogen) atoms. The second-order valence-corrected chi connectivity index (χ2v) is 10.4. The fourth-order valence-electron chi connectivity index (χ4n) is 4.18. The van der Waals surface area contributed by atoms with Crippen LogP contribution in [0.25, 0.3) is 0 Å². The summed E-state index contributed by atoms with van der Waals surface area (Å²) in [5.74, 6) is -0.314. The molecule has 2 aliphatic rings. The maximum atomic E-state index is 12.7.